The number of aliphatic hydroxyl groups is 1. The third-order valence-corrected chi connectivity index (χ3v) is 2.46. The Labute approximate surface area is 77.2 Å². The first kappa shape index (κ1) is 8.53. The van der Waals surface area contributed by atoms with Crippen LogP contribution in [-0.2, 0) is 6.54 Å². The van der Waals surface area contributed by atoms with Gasteiger partial charge in [0.2, 0.25) is 0 Å². The summed E-state index contributed by atoms with van der Waals surface area (Å²) in [5.41, 5.74) is 1.71. The fourth-order valence-electron chi connectivity index (χ4n) is 1.80. The second-order valence-corrected chi connectivity index (χ2v) is 3.56. The van der Waals surface area contributed by atoms with Crippen LogP contribution in [0.25, 0.3) is 0 Å². The number of likely N-dealkylation sites (N-methyl/N-ethyl adjacent to an activating group) is 1. The summed E-state index contributed by atoms with van der Waals surface area (Å²) in [4.78, 5) is 1.99. The standard InChI is InChI=1S/C10H13NO2/c1-11-5-8-7(10(13)6-11)3-2-4-9(8)12/h2-4,10,12-13H,5-6H2,1H3/t10-/m1/s1. The molecule has 3 heteroatoms. The fourth-order valence-corrected chi connectivity index (χ4v) is 1.80. The third kappa shape index (κ3) is 1.41. The quantitative estimate of drug-likeness (QED) is 0.621. The maximum Gasteiger partial charge on any atom is 0.120 e. The van der Waals surface area contributed by atoms with E-state index < -0.39 is 6.10 Å². The summed E-state index contributed by atoms with van der Waals surface area (Å²) in [5, 5.41) is 19.3. The normalized spacial score (nSPS) is 22.8. The van der Waals surface area contributed by atoms with Crippen molar-refractivity contribution >= 4 is 0 Å². The molecule has 0 saturated carbocycles. The van der Waals surface area contributed by atoms with Gasteiger partial charge in [0.1, 0.15) is 5.75 Å². The summed E-state index contributed by atoms with van der Waals surface area (Å²) < 4.78 is 0. The molecule has 0 unspecified atom stereocenters. The molecule has 0 radical (unpaired) electrons. The molecule has 1 aromatic rings. The summed E-state index contributed by atoms with van der Waals surface area (Å²) in [5.74, 6) is 0.281. The van der Waals surface area contributed by atoms with E-state index in [0.29, 0.717) is 13.1 Å². The van der Waals surface area contributed by atoms with Crippen molar-refractivity contribution < 1.29 is 10.2 Å². The van der Waals surface area contributed by atoms with E-state index >= 15 is 0 Å². The number of hydrogen-bond acceptors (Lipinski definition) is 3. The van der Waals surface area contributed by atoms with Gasteiger partial charge in [-0.3, -0.25) is 4.90 Å². The summed E-state index contributed by atoms with van der Waals surface area (Å²) in [6, 6.07) is 5.29. The Balaban J connectivity index is 2.49. The summed E-state index contributed by atoms with van der Waals surface area (Å²) in [6.07, 6.45) is -0.471. The van der Waals surface area contributed by atoms with Crippen molar-refractivity contribution in [3.05, 3.63) is 29.3 Å². The van der Waals surface area contributed by atoms with Crippen LogP contribution in [0.15, 0.2) is 18.2 Å². The average Bonchev–Trinajstić information content (AvgIpc) is 2.07. The number of nitrogens with zero attached hydrogens (tertiary/aromatic N) is 1. The molecule has 13 heavy (non-hydrogen) atoms. The zero-order chi connectivity index (χ0) is 9.42. The molecule has 0 aromatic heterocycles. The van der Waals surface area contributed by atoms with Gasteiger partial charge >= 0.3 is 0 Å². The van der Waals surface area contributed by atoms with Crippen LogP contribution in [0.5, 0.6) is 5.75 Å². The topological polar surface area (TPSA) is 43.7 Å². The Kier molecular flexibility index (Phi) is 1.98. The van der Waals surface area contributed by atoms with Crippen molar-refractivity contribution in [2.24, 2.45) is 0 Å². The van der Waals surface area contributed by atoms with Gasteiger partial charge in [0.15, 0.2) is 0 Å². The van der Waals surface area contributed by atoms with Crippen molar-refractivity contribution in [2.75, 3.05) is 13.6 Å². The van der Waals surface area contributed by atoms with Gasteiger partial charge in [0.25, 0.3) is 0 Å². The van der Waals surface area contributed by atoms with E-state index in [-0.39, 0.29) is 5.75 Å². The summed E-state index contributed by atoms with van der Waals surface area (Å²) in [6.45, 7) is 1.34. The van der Waals surface area contributed by atoms with Crippen molar-refractivity contribution in [3.63, 3.8) is 0 Å². The number of phenolic OH excluding ortho intramolecular Hbond substituents is 1. The SMILES string of the molecule is CN1Cc2c(O)cccc2[C@H](O)C1. The first-order chi connectivity index (χ1) is 6.18. The lowest BCUT2D eigenvalue weighted by Gasteiger charge is -2.29. The maximum atomic E-state index is 9.70. The van der Waals surface area contributed by atoms with Crippen LogP contribution >= 0.6 is 0 Å². The molecule has 1 atom stereocenters. The molecule has 1 aliphatic rings. The molecule has 1 heterocycles. The minimum absolute atomic E-state index is 0.281. The summed E-state index contributed by atoms with van der Waals surface area (Å²) in [7, 11) is 1.93. The first-order valence-corrected chi connectivity index (χ1v) is 4.36. The third-order valence-electron chi connectivity index (χ3n) is 2.46. The number of β-amino-alcohol motifs (C(OH)–C–C–N with tert-alkyl or cyclic N) is 1. The van der Waals surface area contributed by atoms with E-state index in [0.717, 1.165) is 11.1 Å². The van der Waals surface area contributed by atoms with Crippen molar-refractivity contribution in [1.82, 2.24) is 4.90 Å². The Morgan fingerprint density at radius 3 is 3.00 bits per heavy atom. The monoisotopic (exact) mass is 179 g/mol. The van der Waals surface area contributed by atoms with E-state index in [4.69, 9.17) is 0 Å². The maximum absolute atomic E-state index is 9.70. The first-order valence-electron chi connectivity index (χ1n) is 4.36. The highest BCUT2D eigenvalue weighted by atomic mass is 16.3. The second kappa shape index (κ2) is 3.01. The van der Waals surface area contributed by atoms with Crippen molar-refractivity contribution in [3.8, 4) is 5.75 Å². The fraction of sp³-hybridized carbons (Fsp3) is 0.400. The van der Waals surface area contributed by atoms with E-state index in [9.17, 15) is 10.2 Å². The van der Waals surface area contributed by atoms with Crippen molar-refractivity contribution in [2.45, 2.75) is 12.6 Å². The minimum Gasteiger partial charge on any atom is -0.508 e. The zero-order valence-electron chi connectivity index (χ0n) is 7.57. The van der Waals surface area contributed by atoms with Crippen molar-refractivity contribution in [1.29, 1.82) is 0 Å². The largest absolute Gasteiger partial charge is 0.508 e. The van der Waals surface area contributed by atoms with E-state index in [2.05, 4.69) is 0 Å². The molecule has 1 aliphatic heterocycles. The highest BCUT2D eigenvalue weighted by Gasteiger charge is 2.22. The van der Waals surface area contributed by atoms with Crippen LogP contribution in [-0.4, -0.2) is 28.7 Å². The lowest BCUT2D eigenvalue weighted by atomic mass is 9.97. The molecule has 0 spiro atoms. The molecule has 0 saturated heterocycles. The highest BCUT2D eigenvalue weighted by molar-refractivity contribution is 5.41. The zero-order valence-corrected chi connectivity index (χ0v) is 7.57. The van der Waals surface area contributed by atoms with E-state index in [1.165, 1.54) is 0 Å². The van der Waals surface area contributed by atoms with Crippen LogP contribution in [0.1, 0.15) is 17.2 Å². The number of aliphatic hydroxyl groups excluding tert-OH is 1. The molecule has 0 amide bonds. The number of fused-ring (bicyclic) bond motifs is 1. The van der Waals surface area contributed by atoms with Gasteiger partial charge in [-0.05, 0) is 18.7 Å². The number of aromatic hydroxyl groups is 1. The predicted octanol–water partition coefficient (Wildman–Crippen LogP) is 0.871. The molecule has 0 aliphatic carbocycles. The van der Waals surface area contributed by atoms with E-state index in [1.54, 1.807) is 12.1 Å². The number of hydrogen-bond donors (Lipinski definition) is 2. The molecule has 70 valence electrons. The summed E-state index contributed by atoms with van der Waals surface area (Å²) >= 11 is 0. The van der Waals surface area contributed by atoms with Crippen LogP contribution in [0.2, 0.25) is 0 Å². The van der Waals surface area contributed by atoms with E-state index in [1.807, 2.05) is 18.0 Å². The van der Waals surface area contributed by atoms with Gasteiger partial charge in [-0.2, -0.15) is 0 Å². The van der Waals surface area contributed by atoms with Crippen LogP contribution < -0.4 is 0 Å². The Hall–Kier alpha value is -1.06. The lowest BCUT2D eigenvalue weighted by Crippen LogP contribution is -2.30. The Bertz CT molecular complexity index is 325. The van der Waals surface area contributed by atoms with Crippen LogP contribution in [0.4, 0.5) is 0 Å². The van der Waals surface area contributed by atoms with Crippen LogP contribution in [0, 0.1) is 0 Å². The minimum atomic E-state index is -0.471. The predicted molar refractivity (Wildman–Crippen MR) is 49.4 cm³/mol. The van der Waals surface area contributed by atoms with Gasteiger partial charge < -0.3 is 10.2 Å². The number of phenols is 1. The molecule has 0 fully saturated rings. The average molecular weight is 179 g/mol. The molecule has 0 bridgehead atoms. The number of benzene rings is 1. The molecule has 2 N–H and O–H groups in total. The van der Waals surface area contributed by atoms with Gasteiger partial charge in [-0.15, -0.1) is 0 Å². The number of rotatable bonds is 0. The molecular formula is C10H13NO2. The van der Waals surface area contributed by atoms with Gasteiger partial charge in [0, 0.05) is 18.7 Å². The second-order valence-electron chi connectivity index (χ2n) is 3.56. The molecule has 1 aromatic carbocycles. The van der Waals surface area contributed by atoms with Crippen LogP contribution in [0.3, 0.4) is 0 Å². The smallest absolute Gasteiger partial charge is 0.120 e. The van der Waals surface area contributed by atoms with Gasteiger partial charge in [-0.1, -0.05) is 12.1 Å². The van der Waals surface area contributed by atoms with Gasteiger partial charge in [0.05, 0.1) is 6.10 Å². The molecule has 2 rings (SSSR count). The van der Waals surface area contributed by atoms with Gasteiger partial charge in [-0.25, -0.2) is 0 Å². The Morgan fingerprint density at radius 2 is 2.23 bits per heavy atom. The Morgan fingerprint density at radius 1 is 1.46 bits per heavy atom. The highest BCUT2D eigenvalue weighted by Crippen LogP contribution is 2.31. The molecule has 3 nitrogen and oxygen atoms in total. The lowest BCUT2D eigenvalue weighted by molar-refractivity contribution is 0.106. The molecular weight excluding hydrogens is 166 g/mol.